The largest absolute Gasteiger partial charge is 0.432 e. The average molecular weight is 350 g/mol. The Hall–Kier alpha value is -3.46. The van der Waals surface area contributed by atoms with Gasteiger partial charge in [-0.25, -0.2) is 9.97 Å². The van der Waals surface area contributed by atoms with Gasteiger partial charge in [-0.05, 0) is 24.3 Å². The molecule has 0 spiro atoms. The Bertz CT molecular complexity index is 1020. The Labute approximate surface area is 145 Å². The van der Waals surface area contributed by atoms with Crippen LogP contribution in [-0.4, -0.2) is 29.3 Å². The molecule has 0 radical (unpaired) electrons. The molecule has 0 aliphatic rings. The van der Waals surface area contributed by atoms with Crippen molar-refractivity contribution in [3.63, 3.8) is 0 Å². The summed E-state index contributed by atoms with van der Waals surface area (Å²) in [6.07, 6.45) is 10.0. The lowest BCUT2D eigenvalue weighted by Gasteiger charge is -2.01. The Morgan fingerprint density at radius 2 is 1.28 bits per heavy atom. The molecule has 0 atom stereocenters. The van der Waals surface area contributed by atoms with Crippen molar-refractivity contribution < 1.29 is 8.83 Å². The summed E-state index contributed by atoms with van der Waals surface area (Å²) in [5, 5.41) is 10.2. The molecule has 0 saturated heterocycles. The third-order valence-electron chi connectivity index (χ3n) is 3.61. The normalized spacial score (nSPS) is 11.2. The number of nitrogens with zero attached hydrogens (tertiary/aromatic N) is 6. The Kier molecular flexibility index (Phi) is 3.10. The maximum absolute atomic E-state index is 5.37. The average Bonchev–Trinajstić information content (AvgIpc) is 3.48. The van der Waals surface area contributed by atoms with Gasteiger partial charge in [-0.3, -0.25) is 9.13 Å². The summed E-state index contributed by atoms with van der Waals surface area (Å²) in [5.41, 5.74) is 1.72. The zero-order valence-electron chi connectivity index (χ0n) is 12.7. The van der Waals surface area contributed by atoms with Crippen LogP contribution in [0.2, 0.25) is 0 Å². The summed E-state index contributed by atoms with van der Waals surface area (Å²) in [6.45, 7) is 0. The fourth-order valence-corrected chi connectivity index (χ4v) is 3.43. The van der Waals surface area contributed by atoms with E-state index in [2.05, 4.69) is 20.2 Å². The molecule has 122 valence electrons. The molecule has 0 aliphatic carbocycles. The molecule has 5 aromatic rings. The first-order chi connectivity index (χ1) is 12.4. The van der Waals surface area contributed by atoms with Crippen LogP contribution in [0, 0.1) is 0 Å². The van der Waals surface area contributed by atoms with Gasteiger partial charge in [-0.1, -0.05) is 11.3 Å². The van der Waals surface area contributed by atoms with Crippen molar-refractivity contribution in [3.05, 3.63) is 61.6 Å². The highest BCUT2D eigenvalue weighted by atomic mass is 32.1. The molecule has 0 N–H and O–H groups in total. The smallest absolute Gasteiger partial charge is 0.306 e. The number of oxazole rings is 2. The Balaban J connectivity index is 1.56. The highest BCUT2D eigenvalue weighted by molar-refractivity contribution is 7.17. The van der Waals surface area contributed by atoms with Crippen LogP contribution in [0.25, 0.3) is 33.4 Å². The van der Waals surface area contributed by atoms with Gasteiger partial charge in [0, 0.05) is 12.4 Å². The molecular weight excluding hydrogens is 340 g/mol. The van der Waals surface area contributed by atoms with Gasteiger partial charge in [0.1, 0.15) is 12.5 Å². The van der Waals surface area contributed by atoms with Gasteiger partial charge in [0.2, 0.25) is 0 Å². The maximum atomic E-state index is 5.37. The highest BCUT2D eigenvalue weighted by Crippen LogP contribution is 2.32. The third-order valence-corrected chi connectivity index (χ3v) is 4.58. The molecule has 0 aliphatic heterocycles. The van der Waals surface area contributed by atoms with E-state index in [-0.39, 0.29) is 0 Å². The predicted molar refractivity (Wildman–Crippen MR) is 89.6 cm³/mol. The fraction of sp³-hybridized carbons (Fsp3) is 0. The molecule has 0 unspecified atom stereocenters. The molecule has 25 heavy (non-hydrogen) atoms. The standard InChI is InChI=1S/C16H10N6O2S/c1-3-11(21(7-1)15-17-5-9-23-15)13-19-20-14(25-13)12-4-2-8-22(12)16-18-6-10-24-16/h1-10H. The van der Waals surface area contributed by atoms with Gasteiger partial charge in [-0.15, -0.1) is 10.2 Å². The molecule has 5 aromatic heterocycles. The Morgan fingerprint density at radius 1 is 0.760 bits per heavy atom. The predicted octanol–water partition coefficient (Wildman–Crippen LogP) is 3.43. The first-order valence-corrected chi connectivity index (χ1v) is 8.20. The van der Waals surface area contributed by atoms with Gasteiger partial charge in [-0.2, -0.15) is 0 Å². The van der Waals surface area contributed by atoms with Crippen LogP contribution < -0.4 is 0 Å². The van der Waals surface area contributed by atoms with Crippen molar-refractivity contribution in [2.75, 3.05) is 0 Å². The highest BCUT2D eigenvalue weighted by Gasteiger charge is 2.17. The van der Waals surface area contributed by atoms with Crippen molar-refractivity contribution in [2.45, 2.75) is 0 Å². The van der Waals surface area contributed by atoms with Crippen LogP contribution in [-0.2, 0) is 0 Å². The fourth-order valence-electron chi connectivity index (χ4n) is 2.54. The summed E-state index contributed by atoms with van der Waals surface area (Å²) in [5.74, 6) is 0. The van der Waals surface area contributed by atoms with Crippen LogP contribution in [0.4, 0.5) is 0 Å². The summed E-state index contributed by atoms with van der Waals surface area (Å²) < 4.78 is 14.4. The van der Waals surface area contributed by atoms with E-state index >= 15 is 0 Å². The quantitative estimate of drug-likeness (QED) is 0.493. The van der Waals surface area contributed by atoms with E-state index in [9.17, 15) is 0 Å². The summed E-state index contributed by atoms with van der Waals surface area (Å²) in [4.78, 5) is 8.35. The lowest BCUT2D eigenvalue weighted by molar-refractivity contribution is 0.528. The van der Waals surface area contributed by atoms with Crippen molar-refractivity contribution >= 4 is 11.3 Å². The molecule has 0 saturated carbocycles. The monoisotopic (exact) mass is 350 g/mol. The van der Waals surface area contributed by atoms with Crippen molar-refractivity contribution in [2.24, 2.45) is 0 Å². The zero-order valence-corrected chi connectivity index (χ0v) is 13.5. The first-order valence-electron chi connectivity index (χ1n) is 7.39. The van der Waals surface area contributed by atoms with E-state index in [1.807, 2.05) is 45.8 Å². The van der Waals surface area contributed by atoms with E-state index in [1.54, 1.807) is 12.4 Å². The number of hydrogen-bond donors (Lipinski definition) is 0. The molecule has 0 amide bonds. The van der Waals surface area contributed by atoms with Crippen LogP contribution in [0.3, 0.4) is 0 Å². The van der Waals surface area contributed by atoms with E-state index in [1.165, 1.54) is 23.9 Å². The van der Waals surface area contributed by atoms with Crippen LogP contribution >= 0.6 is 11.3 Å². The summed E-state index contributed by atoms with van der Waals surface area (Å²) in [7, 11) is 0. The first kappa shape index (κ1) is 13.9. The van der Waals surface area contributed by atoms with E-state index in [4.69, 9.17) is 8.83 Å². The molecule has 8 nitrogen and oxygen atoms in total. The zero-order chi connectivity index (χ0) is 16.6. The topological polar surface area (TPSA) is 87.7 Å². The van der Waals surface area contributed by atoms with Crippen LogP contribution in [0.15, 0.2) is 70.4 Å². The lowest BCUT2D eigenvalue weighted by Crippen LogP contribution is -1.94. The van der Waals surface area contributed by atoms with E-state index in [0.717, 1.165) is 21.4 Å². The second-order valence-corrected chi connectivity index (χ2v) is 6.05. The second kappa shape index (κ2) is 5.56. The molecular formula is C16H10N6O2S. The number of rotatable bonds is 4. The number of aromatic nitrogens is 6. The maximum Gasteiger partial charge on any atom is 0.306 e. The van der Waals surface area contributed by atoms with Crippen molar-refractivity contribution in [1.82, 2.24) is 29.3 Å². The van der Waals surface area contributed by atoms with Crippen molar-refractivity contribution in [1.29, 1.82) is 0 Å². The minimum absolute atomic E-state index is 0.486. The lowest BCUT2D eigenvalue weighted by atomic mass is 10.4. The third kappa shape index (κ3) is 2.29. The molecule has 5 rings (SSSR count). The summed E-state index contributed by atoms with van der Waals surface area (Å²) in [6, 6.07) is 8.69. The summed E-state index contributed by atoms with van der Waals surface area (Å²) >= 11 is 1.47. The molecule has 9 heteroatoms. The van der Waals surface area contributed by atoms with Crippen molar-refractivity contribution in [3.8, 4) is 33.4 Å². The Morgan fingerprint density at radius 3 is 1.72 bits per heavy atom. The molecule has 0 fully saturated rings. The van der Waals surface area contributed by atoms with Gasteiger partial charge in [0.05, 0.1) is 23.8 Å². The van der Waals surface area contributed by atoms with E-state index in [0.29, 0.717) is 12.0 Å². The van der Waals surface area contributed by atoms with Crippen LogP contribution in [0.5, 0.6) is 0 Å². The van der Waals surface area contributed by atoms with Crippen LogP contribution in [0.1, 0.15) is 0 Å². The molecule has 0 aromatic carbocycles. The molecule has 0 bridgehead atoms. The minimum atomic E-state index is 0.486. The second-order valence-electron chi connectivity index (χ2n) is 5.07. The van der Waals surface area contributed by atoms with Gasteiger partial charge < -0.3 is 8.83 Å². The van der Waals surface area contributed by atoms with Gasteiger partial charge in [0.25, 0.3) is 0 Å². The van der Waals surface area contributed by atoms with E-state index < -0.39 is 0 Å². The molecule has 5 heterocycles. The minimum Gasteiger partial charge on any atom is -0.432 e. The van der Waals surface area contributed by atoms with Gasteiger partial charge >= 0.3 is 12.0 Å². The van der Waals surface area contributed by atoms with Gasteiger partial charge in [0.15, 0.2) is 10.0 Å². The number of hydrogen-bond acceptors (Lipinski definition) is 7. The SMILES string of the molecule is c1cc(-c2nnc(-c3cccn3-c3ncco3)s2)n(-c2ncco2)c1.